The molecule has 3 aromatic rings. The summed E-state index contributed by atoms with van der Waals surface area (Å²) in [5, 5.41) is 2.81. The van der Waals surface area contributed by atoms with Crippen molar-refractivity contribution in [2.45, 2.75) is 116 Å². The second-order valence-corrected chi connectivity index (χ2v) is 11.2. The van der Waals surface area contributed by atoms with Gasteiger partial charge < -0.3 is 4.42 Å². The predicted octanol–water partition coefficient (Wildman–Crippen LogP) is 11.2. The number of fused-ring (bicyclic) bond motifs is 3. The van der Waals surface area contributed by atoms with Crippen LogP contribution >= 0.6 is 12.2 Å². The summed E-state index contributed by atoms with van der Waals surface area (Å²) in [4.78, 5) is 0. The lowest BCUT2D eigenvalue weighted by molar-refractivity contribution is 0.303. The summed E-state index contributed by atoms with van der Waals surface area (Å²) in [7, 11) is 0. The van der Waals surface area contributed by atoms with Crippen molar-refractivity contribution in [1.29, 1.82) is 0 Å². The topological polar surface area (TPSA) is 13.1 Å². The van der Waals surface area contributed by atoms with Gasteiger partial charge in [-0.25, -0.2) is 4.39 Å². The summed E-state index contributed by atoms with van der Waals surface area (Å²) >= 11 is 5.64. The number of rotatable bonds is 12. The van der Waals surface area contributed by atoms with E-state index >= 15 is 4.39 Å². The molecule has 1 nitrogen and oxygen atoms in total. The molecule has 1 aliphatic rings. The van der Waals surface area contributed by atoms with Gasteiger partial charge in [-0.2, -0.15) is 0 Å². The minimum absolute atomic E-state index is 0.227. The normalized spacial score (nSPS) is 18.5. The summed E-state index contributed by atoms with van der Waals surface area (Å²) in [6.07, 6.45) is 18.6. The molecular weight excluding hydrogens is 451 g/mol. The highest BCUT2D eigenvalue weighted by molar-refractivity contribution is 7.71. The first kappa shape index (κ1) is 26.3. The number of unbranched alkanes of at least 4 members (excludes halogenated alkanes) is 7. The van der Waals surface area contributed by atoms with Crippen molar-refractivity contribution in [1.82, 2.24) is 0 Å². The Morgan fingerprint density at radius 1 is 0.800 bits per heavy atom. The maximum Gasteiger partial charge on any atom is 0.198 e. The number of benzene rings is 2. The molecule has 0 unspecified atom stereocenters. The molecule has 35 heavy (non-hydrogen) atoms. The highest BCUT2D eigenvalue weighted by atomic mass is 32.1. The minimum atomic E-state index is -0.227. The fraction of sp³-hybridized carbons (Fsp3) is 0.594. The van der Waals surface area contributed by atoms with Crippen LogP contribution in [0.3, 0.4) is 0 Å². The fourth-order valence-corrected chi connectivity index (χ4v) is 6.28. The van der Waals surface area contributed by atoms with Gasteiger partial charge in [0.2, 0.25) is 0 Å². The molecule has 1 fully saturated rings. The molecule has 0 N–H and O–H groups in total. The van der Waals surface area contributed by atoms with Gasteiger partial charge in [-0.15, -0.1) is 0 Å². The van der Waals surface area contributed by atoms with E-state index in [4.69, 9.17) is 16.6 Å². The first-order valence-corrected chi connectivity index (χ1v) is 14.7. The lowest BCUT2D eigenvalue weighted by Crippen LogP contribution is -2.13. The van der Waals surface area contributed by atoms with E-state index in [9.17, 15) is 0 Å². The summed E-state index contributed by atoms with van der Waals surface area (Å²) in [6, 6.07) is 10.6. The second kappa shape index (κ2) is 13.0. The maximum absolute atomic E-state index is 15.4. The third kappa shape index (κ3) is 6.53. The van der Waals surface area contributed by atoms with Crippen LogP contribution in [0.25, 0.3) is 21.7 Å². The van der Waals surface area contributed by atoms with E-state index in [1.165, 1.54) is 82.6 Å². The number of halogens is 1. The second-order valence-electron chi connectivity index (χ2n) is 10.8. The number of hydrogen-bond acceptors (Lipinski definition) is 2. The number of hydrogen-bond donors (Lipinski definition) is 0. The van der Waals surface area contributed by atoms with Crippen LogP contribution in [0.2, 0.25) is 0 Å². The molecule has 3 heteroatoms. The Kier molecular flexibility index (Phi) is 9.77. The molecule has 4 rings (SSSR count). The van der Waals surface area contributed by atoms with Crippen molar-refractivity contribution in [3.8, 4) is 0 Å². The van der Waals surface area contributed by atoms with Crippen molar-refractivity contribution in [3.63, 3.8) is 0 Å². The van der Waals surface area contributed by atoms with E-state index in [1.807, 2.05) is 12.1 Å². The molecule has 0 bridgehead atoms. The van der Waals surface area contributed by atoms with Gasteiger partial charge in [0.15, 0.2) is 16.1 Å². The van der Waals surface area contributed by atoms with Crippen molar-refractivity contribution in [2.24, 2.45) is 5.92 Å². The van der Waals surface area contributed by atoms with Gasteiger partial charge in [-0.3, -0.25) is 0 Å². The van der Waals surface area contributed by atoms with Gasteiger partial charge in [0.1, 0.15) is 0 Å². The lowest BCUT2D eigenvalue weighted by atomic mass is 9.77. The summed E-state index contributed by atoms with van der Waals surface area (Å²) < 4.78 is 21.8. The molecule has 2 aromatic carbocycles. The Balaban J connectivity index is 1.48. The van der Waals surface area contributed by atoms with Crippen LogP contribution in [0.5, 0.6) is 0 Å². The van der Waals surface area contributed by atoms with Crippen molar-refractivity contribution >= 4 is 34.0 Å². The van der Waals surface area contributed by atoms with Gasteiger partial charge in [-0.1, -0.05) is 95.9 Å². The third-order valence-corrected chi connectivity index (χ3v) is 8.56. The highest BCUT2D eigenvalue weighted by Gasteiger charge is 2.23. The van der Waals surface area contributed by atoms with E-state index < -0.39 is 0 Å². The van der Waals surface area contributed by atoms with Gasteiger partial charge >= 0.3 is 0 Å². The average molecular weight is 495 g/mol. The molecule has 0 spiro atoms. The van der Waals surface area contributed by atoms with Crippen LogP contribution in [-0.4, -0.2) is 0 Å². The van der Waals surface area contributed by atoms with Gasteiger partial charge in [0.25, 0.3) is 0 Å². The highest BCUT2D eigenvalue weighted by Crippen LogP contribution is 2.39. The largest absolute Gasteiger partial charge is 0.441 e. The zero-order chi connectivity index (χ0) is 24.6. The molecular formula is C32H43FOS. The van der Waals surface area contributed by atoms with Crippen molar-refractivity contribution < 1.29 is 8.81 Å². The van der Waals surface area contributed by atoms with Gasteiger partial charge in [0.05, 0.1) is 0 Å². The first-order chi connectivity index (χ1) is 17.1. The van der Waals surface area contributed by atoms with Gasteiger partial charge in [0, 0.05) is 10.8 Å². The van der Waals surface area contributed by atoms with Crippen LogP contribution in [0, 0.1) is 16.4 Å². The fourth-order valence-electron chi connectivity index (χ4n) is 6.03. The van der Waals surface area contributed by atoms with Crippen molar-refractivity contribution in [2.75, 3.05) is 0 Å². The van der Waals surface area contributed by atoms with Gasteiger partial charge in [-0.05, 0) is 85.2 Å². The Morgan fingerprint density at radius 3 is 2.26 bits per heavy atom. The monoisotopic (exact) mass is 494 g/mol. The number of aryl methyl sites for hydroxylation is 1. The van der Waals surface area contributed by atoms with Crippen LogP contribution in [0.4, 0.5) is 4.39 Å². The van der Waals surface area contributed by atoms with E-state index in [2.05, 4.69) is 32.0 Å². The maximum atomic E-state index is 15.4. The van der Waals surface area contributed by atoms with E-state index in [1.54, 1.807) is 0 Å². The standard InChI is InChI=1S/C32H43FOS/c1-3-5-7-8-9-11-13-25-18-21-28-27-20-19-26(22-29(27)32(35)34-31(28)30(25)33)24-16-14-23(15-17-24)12-10-6-4-2/h18-24H,3-17H2,1-2H3. The molecule has 0 amide bonds. The molecule has 0 radical (unpaired) electrons. The predicted molar refractivity (Wildman–Crippen MR) is 150 cm³/mol. The van der Waals surface area contributed by atoms with Crippen molar-refractivity contribution in [3.05, 3.63) is 52.0 Å². The van der Waals surface area contributed by atoms with E-state index in [0.717, 1.165) is 46.9 Å². The van der Waals surface area contributed by atoms with Crippen LogP contribution in [0.15, 0.2) is 34.7 Å². The molecule has 1 aromatic heterocycles. The zero-order valence-corrected chi connectivity index (χ0v) is 22.7. The van der Waals surface area contributed by atoms with Crippen LogP contribution in [-0.2, 0) is 6.42 Å². The summed E-state index contributed by atoms with van der Waals surface area (Å²) in [6.45, 7) is 4.51. The molecule has 0 aliphatic heterocycles. The minimum Gasteiger partial charge on any atom is -0.441 e. The quantitative estimate of drug-likeness (QED) is 0.141. The van der Waals surface area contributed by atoms with Crippen LogP contribution < -0.4 is 0 Å². The summed E-state index contributed by atoms with van der Waals surface area (Å²) in [5.41, 5.74) is 2.44. The first-order valence-electron chi connectivity index (χ1n) is 14.3. The third-order valence-electron chi connectivity index (χ3n) is 8.26. The molecule has 1 saturated carbocycles. The summed E-state index contributed by atoms with van der Waals surface area (Å²) in [5.74, 6) is 1.28. The SMILES string of the molecule is CCCCCCCCc1ccc2c(oc(=S)c3cc(C4CCC(CCCCC)CC4)ccc32)c1F. The molecule has 190 valence electrons. The molecule has 1 aliphatic carbocycles. The Morgan fingerprint density at radius 2 is 1.49 bits per heavy atom. The van der Waals surface area contributed by atoms with Crippen LogP contribution in [0.1, 0.15) is 121 Å². The van der Waals surface area contributed by atoms with E-state index in [-0.39, 0.29) is 5.82 Å². The lowest BCUT2D eigenvalue weighted by Gasteiger charge is -2.29. The molecule has 1 heterocycles. The zero-order valence-electron chi connectivity index (χ0n) is 21.8. The molecule has 0 atom stereocenters. The average Bonchev–Trinajstić information content (AvgIpc) is 2.88. The Bertz CT molecular complexity index is 1160. The Labute approximate surface area is 216 Å². The van der Waals surface area contributed by atoms with E-state index in [0.29, 0.717) is 16.2 Å². The Hall–Kier alpha value is -1.74. The molecule has 0 saturated heterocycles. The smallest absolute Gasteiger partial charge is 0.198 e.